The second kappa shape index (κ2) is 13.2. The van der Waals surface area contributed by atoms with Crippen molar-refractivity contribution >= 4 is 23.8 Å². The number of aromatic nitrogens is 1. The number of nitrogens with one attached hydrogen (secondary N) is 4. The maximum atomic E-state index is 12.4. The highest BCUT2D eigenvalue weighted by atomic mass is 16.4. The van der Waals surface area contributed by atoms with E-state index in [1.54, 1.807) is 0 Å². The van der Waals surface area contributed by atoms with Crippen molar-refractivity contribution in [1.82, 2.24) is 20.9 Å². The summed E-state index contributed by atoms with van der Waals surface area (Å²) in [5.41, 5.74) is 8.53. The number of carbonyl (C=O) groups is 4. The Balaban J connectivity index is 1.66. The number of carbonyl (C=O) groups excluding carboxylic acids is 2. The van der Waals surface area contributed by atoms with Crippen LogP contribution < -0.4 is 16.0 Å². The molecule has 1 aromatic rings. The van der Waals surface area contributed by atoms with E-state index in [-0.39, 0.29) is 54.6 Å². The first-order valence-electron chi connectivity index (χ1n) is 15.5. The number of rotatable bonds is 13. The lowest BCUT2D eigenvalue weighted by molar-refractivity contribution is -0.138. The lowest BCUT2D eigenvalue weighted by Gasteiger charge is -2.19. The first-order chi connectivity index (χ1) is 20.4. The second-order valence-electron chi connectivity index (χ2n) is 12.3. The number of H-pyrrole nitrogens is 1. The van der Waals surface area contributed by atoms with Crippen LogP contribution in [0.4, 0.5) is 0 Å². The summed E-state index contributed by atoms with van der Waals surface area (Å²) in [6.45, 7) is 12.0. The zero-order chi connectivity index (χ0) is 31.6. The molecule has 4 heterocycles. The first kappa shape index (κ1) is 32.1. The van der Waals surface area contributed by atoms with E-state index < -0.39 is 11.9 Å². The Labute approximate surface area is 253 Å². The van der Waals surface area contributed by atoms with Crippen LogP contribution in [0.1, 0.15) is 89.2 Å². The Kier molecular flexibility index (Phi) is 9.87. The van der Waals surface area contributed by atoms with Crippen LogP contribution in [0, 0.1) is 18.8 Å². The van der Waals surface area contributed by atoms with Gasteiger partial charge in [-0.05, 0) is 79.9 Å². The Morgan fingerprint density at radius 3 is 2.19 bits per heavy atom. The van der Waals surface area contributed by atoms with Crippen molar-refractivity contribution in [3.8, 4) is 0 Å². The van der Waals surface area contributed by atoms with Crippen molar-refractivity contribution in [3.63, 3.8) is 0 Å². The van der Waals surface area contributed by atoms with Crippen LogP contribution >= 0.6 is 0 Å². The fourth-order valence-electron chi connectivity index (χ4n) is 7.18. The number of hydrogen-bond acceptors (Lipinski definition) is 5. The highest BCUT2D eigenvalue weighted by Gasteiger charge is 2.39. The highest BCUT2D eigenvalue weighted by Crippen LogP contribution is 2.34. The average Bonchev–Trinajstić information content (AvgIpc) is 3.59. The fourth-order valence-corrected chi connectivity index (χ4v) is 7.18. The summed E-state index contributed by atoms with van der Waals surface area (Å²) in [6.07, 6.45) is 5.46. The predicted octanol–water partition coefficient (Wildman–Crippen LogP) is 3.85. The van der Waals surface area contributed by atoms with Crippen molar-refractivity contribution in [2.45, 2.75) is 111 Å². The number of amides is 2. The molecule has 2 amide bonds. The first-order valence-corrected chi connectivity index (χ1v) is 15.5. The van der Waals surface area contributed by atoms with Crippen molar-refractivity contribution in [2.75, 3.05) is 0 Å². The van der Waals surface area contributed by atoms with Crippen molar-refractivity contribution in [3.05, 3.63) is 56.6 Å². The molecule has 234 valence electrons. The van der Waals surface area contributed by atoms with Crippen LogP contribution in [0.5, 0.6) is 0 Å². The van der Waals surface area contributed by atoms with Gasteiger partial charge in [0.05, 0.1) is 12.1 Å². The number of hydrogen-bond donors (Lipinski definition) is 6. The molecule has 0 aromatic carbocycles. The summed E-state index contributed by atoms with van der Waals surface area (Å²) in [5.74, 6) is -1.55. The van der Waals surface area contributed by atoms with Crippen LogP contribution in [0.15, 0.2) is 34.1 Å². The second-order valence-corrected chi connectivity index (χ2v) is 12.3. The summed E-state index contributed by atoms with van der Waals surface area (Å²) < 4.78 is 0. The molecule has 1 saturated heterocycles. The minimum atomic E-state index is -0.871. The molecule has 1 aromatic heterocycles. The summed E-state index contributed by atoms with van der Waals surface area (Å²) in [6, 6.07) is -0.426. The summed E-state index contributed by atoms with van der Waals surface area (Å²) >= 11 is 0. The molecule has 4 rings (SSSR count). The van der Waals surface area contributed by atoms with Gasteiger partial charge in [0.15, 0.2) is 0 Å². The molecule has 6 N–H and O–H groups in total. The highest BCUT2D eigenvalue weighted by molar-refractivity contribution is 5.97. The number of carboxylic acids is 2. The molecular weight excluding hydrogens is 548 g/mol. The van der Waals surface area contributed by atoms with Gasteiger partial charge in [0, 0.05) is 60.3 Å². The van der Waals surface area contributed by atoms with Crippen molar-refractivity contribution < 1.29 is 29.4 Å². The van der Waals surface area contributed by atoms with E-state index >= 15 is 0 Å². The number of allylic oxidation sites excluding steroid dienone is 1. The van der Waals surface area contributed by atoms with E-state index in [9.17, 15) is 29.4 Å². The minimum Gasteiger partial charge on any atom is -0.481 e. The van der Waals surface area contributed by atoms with E-state index in [1.807, 2.05) is 40.7 Å². The van der Waals surface area contributed by atoms with Gasteiger partial charge in [0.25, 0.3) is 0 Å². The molecular formula is C33H46N4O6. The zero-order valence-corrected chi connectivity index (χ0v) is 26.1. The lowest BCUT2D eigenvalue weighted by atomic mass is 9.86. The zero-order valence-electron chi connectivity index (χ0n) is 26.1. The molecule has 1 fully saturated rings. The summed E-state index contributed by atoms with van der Waals surface area (Å²) in [5, 5.41) is 28.7. The minimum absolute atomic E-state index is 0.00311. The van der Waals surface area contributed by atoms with E-state index in [0.29, 0.717) is 32.1 Å². The van der Waals surface area contributed by atoms with E-state index in [0.717, 1.165) is 56.9 Å². The fraction of sp³-hybridized carbons (Fsp3) is 0.576. The normalized spacial score (nSPS) is 26.4. The largest absolute Gasteiger partial charge is 0.481 e. The summed E-state index contributed by atoms with van der Waals surface area (Å²) in [7, 11) is 0. The number of aliphatic carboxylic acids is 2. The number of carboxylic acid groups (broad SMARTS) is 2. The predicted molar refractivity (Wildman–Crippen MR) is 163 cm³/mol. The van der Waals surface area contributed by atoms with Gasteiger partial charge in [-0.1, -0.05) is 27.2 Å². The third-order valence-corrected chi connectivity index (χ3v) is 9.80. The molecule has 5 atom stereocenters. The quantitative estimate of drug-likeness (QED) is 0.202. The molecule has 0 bridgehead atoms. The molecule has 10 heteroatoms. The Morgan fingerprint density at radius 2 is 1.58 bits per heavy atom. The van der Waals surface area contributed by atoms with Gasteiger partial charge < -0.3 is 31.1 Å². The molecule has 43 heavy (non-hydrogen) atoms. The molecule has 0 saturated carbocycles. The van der Waals surface area contributed by atoms with Gasteiger partial charge in [0.2, 0.25) is 11.8 Å². The third-order valence-electron chi connectivity index (χ3n) is 9.80. The van der Waals surface area contributed by atoms with E-state index in [1.165, 1.54) is 0 Å². The molecule has 0 radical (unpaired) electrons. The maximum Gasteiger partial charge on any atom is 0.303 e. The Hall–Kier alpha value is -3.82. The molecule has 3 aliphatic rings. The lowest BCUT2D eigenvalue weighted by Crippen LogP contribution is -2.31. The maximum absolute atomic E-state index is 12.4. The van der Waals surface area contributed by atoms with Gasteiger partial charge in [-0.3, -0.25) is 19.2 Å². The van der Waals surface area contributed by atoms with Gasteiger partial charge in [-0.25, -0.2) is 0 Å². The molecule has 3 unspecified atom stereocenters. The van der Waals surface area contributed by atoms with Crippen LogP contribution in [0.3, 0.4) is 0 Å². The number of aromatic amines is 1. The van der Waals surface area contributed by atoms with Crippen LogP contribution in [0.25, 0.3) is 0 Å². The van der Waals surface area contributed by atoms with Gasteiger partial charge >= 0.3 is 11.9 Å². The monoisotopic (exact) mass is 594 g/mol. The third kappa shape index (κ3) is 6.73. The van der Waals surface area contributed by atoms with Gasteiger partial charge in [-0.2, -0.15) is 0 Å². The molecule has 10 nitrogen and oxygen atoms in total. The molecule has 0 spiro atoms. The molecule has 0 aliphatic carbocycles. The standard InChI is InChI=1S/C33H46N4O6/c1-7-20-19(6)32(42)37-27(20)14-25-18(5)23(10-12-31(40)41)29(35-25)15-28-22(9-11-30(38)39)17(4)24(34-28)13-26-16(3)21(8-2)33(43)36-26/h13,19-20,26-28,34-35H,7-12,14-15H2,1-6H3,(H,36,43)(H,37,42)(H,38,39)(H,40,41)/b24-13-/t19-,20-,26?,27?,28?/m1/s1. The van der Waals surface area contributed by atoms with Gasteiger partial charge in [0.1, 0.15) is 0 Å². The Morgan fingerprint density at radius 1 is 0.907 bits per heavy atom. The van der Waals surface area contributed by atoms with Gasteiger partial charge in [-0.15, -0.1) is 0 Å². The van der Waals surface area contributed by atoms with Crippen molar-refractivity contribution in [1.29, 1.82) is 0 Å². The van der Waals surface area contributed by atoms with E-state index in [4.69, 9.17) is 0 Å². The topological polar surface area (TPSA) is 161 Å². The molecule has 3 aliphatic heterocycles. The smallest absolute Gasteiger partial charge is 0.303 e. The SMILES string of the molecule is CCC1=C(C)C(/C=C2\NC(Cc3[nH]c(CC4NC(=O)[C@H](C)[C@H]4CC)c(C)c3CCC(=O)O)C(CCC(=O)O)=C2C)NC1=O. The summed E-state index contributed by atoms with van der Waals surface area (Å²) in [4.78, 5) is 51.6. The van der Waals surface area contributed by atoms with Crippen LogP contribution in [-0.4, -0.2) is 57.1 Å². The van der Waals surface area contributed by atoms with Crippen molar-refractivity contribution in [2.24, 2.45) is 11.8 Å². The van der Waals surface area contributed by atoms with Crippen LogP contribution in [0.2, 0.25) is 0 Å². The van der Waals surface area contributed by atoms with Crippen LogP contribution in [-0.2, 0) is 38.4 Å². The Bertz CT molecular complexity index is 1400. The average molecular weight is 595 g/mol. The van der Waals surface area contributed by atoms with E-state index in [2.05, 4.69) is 27.9 Å².